The van der Waals surface area contributed by atoms with E-state index in [9.17, 15) is 0 Å². The minimum atomic E-state index is -2.63. The quantitative estimate of drug-likeness (QED) is 0.475. The summed E-state index contributed by atoms with van der Waals surface area (Å²) < 4.78 is 1.27. The molecule has 10 saturated heterocycles. The maximum atomic E-state index is 2.44. The van der Waals surface area contributed by atoms with Crippen molar-refractivity contribution < 1.29 is 6.37 Å². The van der Waals surface area contributed by atoms with E-state index >= 15 is 0 Å². The summed E-state index contributed by atoms with van der Waals surface area (Å²) in [7, 11) is 0.507. The molecule has 0 amide bonds. The maximum absolute atomic E-state index is 2.63. The average molecular weight is 333 g/mol. The summed E-state index contributed by atoms with van der Waals surface area (Å²) in [5, 5.41) is 0. The summed E-state index contributed by atoms with van der Waals surface area (Å²) in [6.07, 6.45) is 6.95. The summed E-state index contributed by atoms with van der Waals surface area (Å²) in [5.74, 6) is 0. The van der Waals surface area contributed by atoms with E-state index in [4.69, 9.17) is 0 Å². The van der Waals surface area contributed by atoms with Gasteiger partial charge < -0.3 is 0 Å². The van der Waals surface area contributed by atoms with Crippen LogP contribution >= 0.6 is 7.92 Å². The van der Waals surface area contributed by atoms with Crippen LogP contribution in [-0.4, -0.2) is 16.4 Å². The van der Waals surface area contributed by atoms with E-state index in [0.717, 1.165) is 0 Å². The molecule has 4 unspecified atom stereocenters. The third-order valence-electron chi connectivity index (χ3n) is 15.9. The molecule has 10 aliphatic heterocycles. The molecule has 0 bridgehead atoms. The van der Waals surface area contributed by atoms with Gasteiger partial charge in [-0.1, -0.05) is 0 Å². The fraction of sp³-hybridized carbons (Fsp3) is 1.00. The number of hydrogen-bond acceptors (Lipinski definition) is 0. The molecular formula is C18H27CoP. The molecule has 10 heterocycles. The zero-order valence-corrected chi connectivity index (χ0v) is 14.7. The van der Waals surface area contributed by atoms with Crippen molar-refractivity contribution in [1.29, 1.82) is 0 Å². The molecule has 0 aromatic heterocycles. The summed E-state index contributed by atoms with van der Waals surface area (Å²) in [4.78, 5) is 14.1. The van der Waals surface area contributed by atoms with Crippen LogP contribution in [0.2, 0.25) is 43.7 Å². The Bertz CT molecular complexity index is 889. The number of rotatable bonds is 7. The van der Waals surface area contributed by atoms with E-state index in [0.29, 0.717) is 7.92 Å². The Balaban J connectivity index is 1.28. The molecule has 0 aromatic rings. The predicted molar refractivity (Wildman–Crippen MR) is 83.0 cm³/mol. The molecule has 0 saturated carbocycles. The van der Waals surface area contributed by atoms with Crippen LogP contribution in [0.5, 0.6) is 0 Å². The van der Waals surface area contributed by atoms with Crippen LogP contribution in [0.1, 0.15) is 39.5 Å². The number of unbranched alkanes of at least 4 members (excludes halogenated alkanes) is 2. The molecule has 10 rings (SSSR count). The first-order chi connectivity index (χ1) is 9.56. The summed E-state index contributed by atoms with van der Waals surface area (Å²) in [6, 6.07) is 0. The first kappa shape index (κ1) is 9.29. The monoisotopic (exact) mass is 333 g/mol. The van der Waals surface area contributed by atoms with Crippen LogP contribution in [0.3, 0.4) is 0 Å². The minimum absolute atomic E-state index is 0.507. The van der Waals surface area contributed by atoms with Gasteiger partial charge in [-0.25, -0.2) is 0 Å². The molecule has 20 heavy (non-hydrogen) atoms. The van der Waals surface area contributed by atoms with Gasteiger partial charge in [0.1, 0.15) is 0 Å². The second-order valence-electron chi connectivity index (χ2n) is 11.9. The zero-order chi connectivity index (χ0) is 12.8. The SMILES string of the molecule is CCCCP(CCCC)[C]12[CH]3[CH]4[CH]5[CH]1[Co]45321678[CH]2[CH]1[CH]6[CH]7[CH]28. The van der Waals surface area contributed by atoms with Crippen molar-refractivity contribution in [1.82, 2.24) is 0 Å². The van der Waals surface area contributed by atoms with Gasteiger partial charge in [0.15, 0.2) is 0 Å². The molecule has 0 N–H and O–H groups in total. The fourth-order valence-electron chi connectivity index (χ4n) is 17.1. The number of fused-ring (bicyclic) bond motifs is 10. The Morgan fingerprint density at radius 2 is 1.20 bits per heavy atom. The molecule has 10 aliphatic rings. The Hall–Kier alpha value is 0.936. The molecule has 0 radical (unpaired) electrons. The van der Waals surface area contributed by atoms with Crippen LogP contribution in [0.4, 0.5) is 0 Å². The normalized spacial score (nSPS) is 103. The van der Waals surface area contributed by atoms with Crippen molar-refractivity contribution in [2.75, 3.05) is 12.3 Å². The second-order valence-corrected chi connectivity index (χ2v) is 37.2. The van der Waals surface area contributed by atoms with Gasteiger partial charge in [0.25, 0.3) is 0 Å². The molecule has 10 fully saturated rings. The zero-order valence-electron chi connectivity index (χ0n) is 12.7. The molecule has 0 nitrogen and oxygen atoms in total. The van der Waals surface area contributed by atoms with Gasteiger partial charge in [0.2, 0.25) is 0 Å². The third kappa shape index (κ3) is 0.117. The fourth-order valence-corrected chi connectivity index (χ4v) is 102. The predicted octanol–water partition coefficient (Wildman–Crippen LogP) is 6.37. The van der Waals surface area contributed by atoms with Gasteiger partial charge in [-0.3, -0.25) is 0 Å². The molecule has 2 heteroatoms. The number of hydrogen-bond donors (Lipinski definition) is 0. The van der Waals surface area contributed by atoms with Crippen LogP contribution in [0.15, 0.2) is 0 Å². The van der Waals surface area contributed by atoms with Crippen molar-refractivity contribution in [3.63, 3.8) is 0 Å². The Morgan fingerprint density at radius 3 is 1.45 bits per heavy atom. The van der Waals surface area contributed by atoms with Crippen LogP contribution in [-0.2, 0) is 6.37 Å². The van der Waals surface area contributed by atoms with E-state index in [1.165, 1.54) is 16.9 Å². The van der Waals surface area contributed by atoms with Gasteiger partial charge in [0.05, 0.1) is 0 Å². The van der Waals surface area contributed by atoms with Crippen molar-refractivity contribution >= 4 is 7.92 Å². The second kappa shape index (κ2) is 0.925. The van der Waals surface area contributed by atoms with Crippen molar-refractivity contribution in [2.24, 2.45) is 0 Å². The van der Waals surface area contributed by atoms with Crippen molar-refractivity contribution in [3.05, 3.63) is 0 Å². The Morgan fingerprint density at radius 1 is 0.750 bits per heavy atom. The van der Waals surface area contributed by atoms with E-state index in [1.807, 2.05) is 0 Å². The van der Waals surface area contributed by atoms with E-state index in [2.05, 4.69) is 13.8 Å². The van der Waals surface area contributed by atoms with Crippen LogP contribution in [0.25, 0.3) is 0 Å². The molecule has 1 spiro atoms. The van der Waals surface area contributed by atoms with Gasteiger partial charge in [-0.15, -0.1) is 0 Å². The topological polar surface area (TPSA) is 0 Å². The average Bonchev–Trinajstić information content (AvgIpc) is 3.39. The van der Waals surface area contributed by atoms with E-state index < -0.39 is 6.37 Å². The molecule has 0 aliphatic carbocycles. The first-order valence-electron chi connectivity index (χ1n) is 9.41. The van der Waals surface area contributed by atoms with Gasteiger partial charge in [-0.05, 0) is 0 Å². The summed E-state index contributed by atoms with van der Waals surface area (Å²) >= 11 is 0. The first-order valence-corrected chi connectivity index (χ1v) is 17.1. The van der Waals surface area contributed by atoms with Crippen LogP contribution in [0, 0.1) is 0 Å². The molecule has 0 aromatic carbocycles. The van der Waals surface area contributed by atoms with Crippen molar-refractivity contribution in [2.45, 2.75) is 87.3 Å². The van der Waals surface area contributed by atoms with Gasteiger partial charge in [0, 0.05) is 0 Å². The Kier molecular flexibility index (Phi) is 0.429. The summed E-state index contributed by atoms with van der Waals surface area (Å²) in [6.45, 7) is 4.87. The van der Waals surface area contributed by atoms with Gasteiger partial charge >= 0.3 is 114 Å². The van der Waals surface area contributed by atoms with Gasteiger partial charge in [-0.2, -0.15) is 0 Å². The molecular weight excluding hydrogens is 306 g/mol. The summed E-state index contributed by atoms with van der Waals surface area (Å²) in [5.41, 5.74) is 0. The standard InChI is InChI=1S/C13H22P.C5H5.Co/c1-3-5-11-14(12-6-4-2)13-9-7-8-10-13;1-2-4-5-3-1;/h7-10H,3-6,11-12H2,1-2H3;1-5H;. The molecule has 113 valence electrons. The Labute approximate surface area is 114 Å². The molecule has 4 atom stereocenters. The van der Waals surface area contributed by atoms with E-state index in [1.54, 1.807) is 68.8 Å². The van der Waals surface area contributed by atoms with Crippen LogP contribution < -0.4 is 0 Å². The third-order valence-corrected chi connectivity index (χ3v) is 63.2. The van der Waals surface area contributed by atoms with Crippen molar-refractivity contribution in [3.8, 4) is 0 Å². The van der Waals surface area contributed by atoms with E-state index in [-0.39, 0.29) is 0 Å².